The number of fused-ring (bicyclic) bond motifs is 1. The number of methoxy groups -OCH3 is 2. The molecule has 1 aliphatic rings. The van der Waals surface area contributed by atoms with Gasteiger partial charge < -0.3 is 24.8 Å². The molecule has 0 saturated carbocycles. The average Bonchev–Trinajstić information content (AvgIpc) is 2.85. The summed E-state index contributed by atoms with van der Waals surface area (Å²) in [6, 6.07) is 10.8. The molecule has 0 atom stereocenters. The quantitative estimate of drug-likeness (QED) is 0.902. The summed E-state index contributed by atoms with van der Waals surface area (Å²) in [4.78, 5) is 12.6. The van der Waals surface area contributed by atoms with Gasteiger partial charge in [0.15, 0.2) is 11.5 Å². The highest BCUT2D eigenvalue weighted by atomic mass is 16.5. The molecule has 0 saturated heterocycles. The Balaban J connectivity index is 1.84. The molecule has 1 aliphatic heterocycles. The third kappa shape index (κ3) is 3.28. The molecule has 2 N–H and O–H groups in total. The van der Waals surface area contributed by atoms with Crippen molar-refractivity contribution in [3.8, 4) is 17.2 Å². The first-order valence-corrected chi connectivity index (χ1v) is 7.71. The van der Waals surface area contributed by atoms with E-state index in [2.05, 4.69) is 10.6 Å². The molecule has 1 heterocycles. The molecule has 3 rings (SSSR count). The number of ether oxygens (including phenoxy) is 3. The van der Waals surface area contributed by atoms with E-state index in [9.17, 15) is 4.79 Å². The Morgan fingerprint density at radius 3 is 2.88 bits per heavy atom. The van der Waals surface area contributed by atoms with E-state index in [0.29, 0.717) is 35.9 Å². The molecule has 0 bridgehead atoms. The topological polar surface area (TPSA) is 68.8 Å². The van der Waals surface area contributed by atoms with E-state index in [4.69, 9.17) is 14.2 Å². The zero-order valence-electron chi connectivity index (χ0n) is 13.7. The van der Waals surface area contributed by atoms with Crippen molar-refractivity contribution in [2.45, 2.75) is 6.54 Å². The van der Waals surface area contributed by atoms with Gasteiger partial charge in [-0.25, -0.2) is 0 Å². The minimum Gasteiger partial charge on any atom is -0.493 e. The van der Waals surface area contributed by atoms with Crippen LogP contribution in [-0.2, 0) is 6.54 Å². The maximum atomic E-state index is 12.6. The number of amides is 1. The van der Waals surface area contributed by atoms with Gasteiger partial charge in [0.2, 0.25) is 0 Å². The van der Waals surface area contributed by atoms with E-state index in [1.165, 1.54) is 7.11 Å². The van der Waals surface area contributed by atoms with Crippen molar-refractivity contribution in [1.82, 2.24) is 5.32 Å². The highest BCUT2D eigenvalue weighted by Gasteiger charge is 2.17. The standard InChI is InChI=1S/C18H20N2O4/c1-22-16-5-3-4-14(17(16)23-2)18(21)20-13-6-7-15-12(10-13)11-19-8-9-24-15/h3-7,10,19H,8-9,11H2,1-2H3,(H,20,21). The van der Waals surface area contributed by atoms with Crippen LogP contribution in [0.1, 0.15) is 15.9 Å². The highest BCUT2D eigenvalue weighted by Crippen LogP contribution is 2.31. The van der Waals surface area contributed by atoms with Gasteiger partial charge in [0.1, 0.15) is 12.4 Å². The van der Waals surface area contributed by atoms with E-state index < -0.39 is 0 Å². The van der Waals surface area contributed by atoms with Crippen molar-refractivity contribution in [3.63, 3.8) is 0 Å². The minimum absolute atomic E-state index is 0.256. The maximum absolute atomic E-state index is 12.6. The lowest BCUT2D eigenvalue weighted by Crippen LogP contribution is -2.16. The van der Waals surface area contributed by atoms with Crippen LogP contribution in [0, 0.1) is 0 Å². The lowest BCUT2D eigenvalue weighted by molar-refractivity contribution is 0.102. The Labute approximate surface area is 140 Å². The van der Waals surface area contributed by atoms with Crippen molar-refractivity contribution in [2.75, 3.05) is 32.7 Å². The Hall–Kier alpha value is -2.73. The van der Waals surface area contributed by atoms with Gasteiger partial charge in [-0.1, -0.05) is 6.07 Å². The van der Waals surface area contributed by atoms with Crippen molar-refractivity contribution in [1.29, 1.82) is 0 Å². The summed E-state index contributed by atoms with van der Waals surface area (Å²) in [6.07, 6.45) is 0. The summed E-state index contributed by atoms with van der Waals surface area (Å²) in [7, 11) is 3.05. The molecule has 0 aromatic heterocycles. The van der Waals surface area contributed by atoms with Crippen LogP contribution in [0.3, 0.4) is 0 Å². The first-order chi connectivity index (χ1) is 11.7. The van der Waals surface area contributed by atoms with Crippen LogP contribution in [0.25, 0.3) is 0 Å². The van der Waals surface area contributed by atoms with Gasteiger partial charge in [-0.05, 0) is 30.3 Å². The van der Waals surface area contributed by atoms with E-state index in [1.807, 2.05) is 18.2 Å². The number of anilines is 1. The average molecular weight is 328 g/mol. The normalized spacial score (nSPS) is 13.2. The van der Waals surface area contributed by atoms with Crippen molar-refractivity contribution in [3.05, 3.63) is 47.5 Å². The molecule has 0 fully saturated rings. The maximum Gasteiger partial charge on any atom is 0.259 e. The molecule has 126 valence electrons. The molecule has 0 radical (unpaired) electrons. The zero-order valence-corrected chi connectivity index (χ0v) is 13.7. The molecule has 6 nitrogen and oxygen atoms in total. The second-order valence-electron chi connectivity index (χ2n) is 5.34. The fraction of sp³-hybridized carbons (Fsp3) is 0.278. The molecule has 2 aromatic rings. The molecule has 6 heteroatoms. The molecular weight excluding hydrogens is 308 g/mol. The van der Waals surface area contributed by atoms with Crippen LogP contribution in [0.4, 0.5) is 5.69 Å². The summed E-state index contributed by atoms with van der Waals surface area (Å²) in [5.74, 6) is 1.52. The second-order valence-corrected chi connectivity index (χ2v) is 5.34. The molecular formula is C18H20N2O4. The van der Waals surface area contributed by atoms with Gasteiger partial charge in [-0.15, -0.1) is 0 Å². The van der Waals surface area contributed by atoms with E-state index in [-0.39, 0.29) is 5.91 Å². The third-order valence-electron chi connectivity index (χ3n) is 3.82. The van der Waals surface area contributed by atoms with E-state index in [1.54, 1.807) is 25.3 Å². The van der Waals surface area contributed by atoms with Crippen LogP contribution in [0.15, 0.2) is 36.4 Å². The van der Waals surface area contributed by atoms with Gasteiger partial charge in [-0.2, -0.15) is 0 Å². The molecule has 2 aromatic carbocycles. The fourth-order valence-corrected chi connectivity index (χ4v) is 2.66. The number of carbonyl (C=O) groups is 1. The SMILES string of the molecule is COc1cccc(C(=O)Nc2ccc3c(c2)CNCCO3)c1OC. The predicted molar refractivity (Wildman–Crippen MR) is 91.1 cm³/mol. The molecule has 1 amide bonds. The summed E-state index contributed by atoms with van der Waals surface area (Å²) in [6.45, 7) is 2.15. The molecule has 0 spiro atoms. The van der Waals surface area contributed by atoms with Gasteiger partial charge >= 0.3 is 0 Å². The molecule has 24 heavy (non-hydrogen) atoms. The summed E-state index contributed by atoms with van der Waals surface area (Å²) >= 11 is 0. The van der Waals surface area contributed by atoms with Gasteiger partial charge in [0.25, 0.3) is 5.91 Å². The Kier molecular flexibility index (Phi) is 4.86. The first kappa shape index (κ1) is 16.1. The Morgan fingerprint density at radius 2 is 2.08 bits per heavy atom. The van der Waals surface area contributed by atoms with Gasteiger partial charge in [-0.3, -0.25) is 4.79 Å². The fourth-order valence-electron chi connectivity index (χ4n) is 2.66. The number of carbonyl (C=O) groups excluding carboxylic acids is 1. The highest BCUT2D eigenvalue weighted by molar-refractivity contribution is 6.06. The van der Waals surface area contributed by atoms with Crippen LogP contribution < -0.4 is 24.8 Å². The van der Waals surface area contributed by atoms with Crippen LogP contribution in [-0.4, -0.2) is 33.3 Å². The number of nitrogens with one attached hydrogen (secondary N) is 2. The second kappa shape index (κ2) is 7.23. The monoisotopic (exact) mass is 328 g/mol. The Bertz CT molecular complexity index is 746. The van der Waals surface area contributed by atoms with Crippen LogP contribution in [0.5, 0.6) is 17.2 Å². The number of hydrogen-bond donors (Lipinski definition) is 2. The largest absolute Gasteiger partial charge is 0.493 e. The van der Waals surface area contributed by atoms with Crippen LogP contribution in [0.2, 0.25) is 0 Å². The molecule has 0 unspecified atom stereocenters. The zero-order chi connectivity index (χ0) is 16.9. The predicted octanol–water partition coefficient (Wildman–Crippen LogP) is 2.44. The van der Waals surface area contributed by atoms with Crippen molar-refractivity contribution < 1.29 is 19.0 Å². The number of benzene rings is 2. The van der Waals surface area contributed by atoms with Crippen molar-refractivity contribution >= 4 is 11.6 Å². The number of rotatable bonds is 4. The smallest absolute Gasteiger partial charge is 0.259 e. The minimum atomic E-state index is -0.256. The van der Waals surface area contributed by atoms with E-state index >= 15 is 0 Å². The lowest BCUT2D eigenvalue weighted by atomic mass is 10.1. The van der Waals surface area contributed by atoms with Gasteiger partial charge in [0, 0.05) is 24.3 Å². The number of hydrogen-bond acceptors (Lipinski definition) is 5. The summed E-state index contributed by atoms with van der Waals surface area (Å²) < 4.78 is 16.2. The number of para-hydroxylation sites is 1. The van der Waals surface area contributed by atoms with Gasteiger partial charge in [0.05, 0.1) is 19.8 Å². The summed E-state index contributed by atoms with van der Waals surface area (Å²) in [5.41, 5.74) is 2.14. The lowest BCUT2D eigenvalue weighted by Gasteiger charge is -2.13. The Morgan fingerprint density at radius 1 is 1.21 bits per heavy atom. The van der Waals surface area contributed by atoms with Crippen molar-refractivity contribution in [2.24, 2.45) is 0 Å². The van der Waals surface area contributed by atoms with E-state index in [0.717, 1.165) is 17.9 Å². The third-order valence-corrected chi connectivity index (χ3v) is 3.82. The summed E-state index contributed by atoms with van der Waals surface area (Å²) in [5, 5.41) is 6.17. The first-order valence-electron chi connectivity index (χ1n) is 7.71. The van der Waals surface area contributed by atoms with Crippen LogP contribution >= 0.6 is 0 Å². The molecule has 0 aliphatic carbocycles.